The van der Waals surface area contributed by atoms with Gasteiger partial charge in [-0.3, -0.25) is 9.78 Å². The molecule has 0 atom stereocenters. The number of carbonyl (C=O) groups is 1. The van der Waals surface area contributed by atoms with E-state index in [0.29, 0.717) is 39.1 Å². The van der Waals surface area contributed by atoms with Crippen molar-refractivity contribution >= 4 is 40.2 Å². The van der Waals surface area contributed by atoms with Crippen LogP contribution in [0.4, 0.5) is 0 Å². The summed E-state index contributed by atoms with van der Waals surface area (Å²) in [6, 6.07) is 14.2. The molecule has 0 radical (unpaired) electrons. The summed E-state index contributed by atoms with van der Waals surface area (Å²) in [5, 5.41) is 3.65. The average Bonchev–Trinajstić information content (AvgIpc) is 3.11. The summed E-state index contributed by atoms with van der Waals surface area (Å²) in [6.07, 6.45) is 3.32. The third kappa shape index (κ3) is 3.79. The number of rotatable bonds is 4. The molecule has 27 heavy (non-hydrogen) atoms. The Bertz CT molecular complexity index is 1090. The summed E-state index contributed by atoms with van der Waals surface area (Å²) >= 11 is 11.9. The fourth-order valence-electron chi connectivity index (χ4n) is 2.62. The molecule has 0 aliphatic carbocycles. The van der Waals surface area contributed by atoms with Crippen molar-refractivity contribution < 1.29 is 9.21 Å². The number of amides is 1. The lowest BCUT2D eigenvalue weighted by Crippen LogP contribution is -2.23. The van der Waals surface area contributed by atoms with Crippen LogP contribution in [0.1, 0.15) is 15.9 Å². The van der Waals surface area contributed by atoms with E-state index in [1.54, 1.807) is 36.7 Å². The molecule has 4 aromatic rings. The Morgan fingerprint density at radius 2 is 1.89 bits per heavy atom. The van der Waals surface area contributed by atoms with E-state index >= 15 is 0 Å². The minimum Gasteiger partial charge on any atom is -0.436 e. The topological polar surface area (TPSA) is 68.0 Å². The highest BCUT2D eigenvalue weighted by Gasteiger charge is 2.11. The lowest BCUT2D eigenvalue weighted by atomic mass is 10.1. The highest BCUT2D eigenvalue weighted by Crippen LogP contribution is 2.24. The van der Waals surface area contributed by atoms with Crippen molar-refractivity contribution in [1.29, 1.82) is 0 Å². The molecule has 0 bridgehead atoms. The lowest BCUT2D eigenvalue weighted by Gasteiger charge is -2.07. The van der Waals surface area contributed by atoms with Gasteiger partial charge in [0.25, 0.3) is 5.91 Å². The van der Waals surface area contributed by atoms with Gasteiger partial charge in [-0.15, -0.1) is 0 Å². The number of nitrogens with one attached hydrogen (secondary N) is 1. The number of hydrogen-bond donors (Lipinski definition) is 1. The Hall–Kier alpha value is -2.89. The second kappa shape index (κ2) is 7.39. The highest BCUT2D eigenvalue weighted by molar-refractivity contribution is 6.36. The summed E-state index contributed by atoms with van der Waals surface area (Å²) in [6.45, 7) is 0.371. The fraction of sp³-hybridized carbons (Fsp3) is 0.0500. The van der Waals surface area contributed by atoms with Crippen molar-refractivity contribution in [2.45, 2.75) is 6.54 Å². The molecule has 2 aromatic heterocycles. The monoisotopic (exact) mass is 397 g/mol. The van der Waals surface area contributed by atoms with E-state index in [-0.39, 0.29) is 5.91 Å². The predicted octanol–water partition coefficient (Wildman–Crippen LogP) is 5.13. The number of carbonyl (C=O) groups excluding carboxylic acids is 1. The molecule has 0 unspecified atom stereocenters. The quantitative estimate of drug-likeness (QED) is 0.518. The first-order valence-corrected chi connectivity index (χ1v) is 8.89. The molecule has 2 heterocycles. The van der Waals surface area contributed by atoms with Crippen LogP contribution >= 0.6 is 23.2 Å². The van der Waals surface area contributed by atoms with E-state index in [1.807, 2.05) is 24.3 Å². The maximum atomic E-state index is 12.3. The average molecular weight is 398 g/mol. The predicted molar refractivity (Wildman–Crippen MR) is 105 cm³/mol. The Morgan fingerprint density at radius 3 is 2.63 bits per heavy atom. The summed E-state index contributed by atoms with van der Waals surface area (Å²) in [7, 11) is 0. The maximum Gasteiger partial charge on any atom is 0.253 e. The summed E-state index contributed by atoms with van der Waals surface area (Å²) in [5.74, 6) is 0.272. The molecule has 2 aromatic carbocycles. The van der Waals surface area contributed by atoms with Crippen molar-refractivity contribution in [1.82, 2.24) is 15.3 Å². The lowest BCUT2D eigenvalue weighted by molar-refractivity contribution is 0.0951. The van der Waals surface area contributed by atoms with Crippen LogP contribution in [0.2, 0.25) is 10.0 Å². The van der Waals surface area contributed by atoms with Gasteiger partial charge >= 0.3 is 0 Å². The first kappa shape index (κ1) is 17.5. The molecule has 0 saturated heterocycles. The minimum absolute atomic E-state index is 0.257. The maximum absolute atomic E-state index is 12.3. The number of nitrogens with zero attached hydrogens (tertiary/aromatic N) is 2. The molecule has 5 nitrogen and oxygen atoms in total. The second-order valence-corrected chi connectivity index (χ2v) is 6.71. The van der Waals surface area contributed by atoms with Gasteiger partial charge in [-0.2, -0.15) is 0 Å². The molecular weight excluding hydrogens is 385 g/mol. The van der Waals surface area contributed by atoms with E-state index in [2.05, 4.69) is 15.3 Å². The van der Waals surface area contributed by atoms with Crippen molar-refractivity contribution in [2.75, 3.05) is 0 Å². The summed E-state index contributed by atoms with van der Waals surface area (Å²) in [5.41, 5.74) is 3.58. The van der Waals surface area contributed by atoms with Crippen LogP contribution in [0, 0.1) is 0 Å². The molecule has 0 fully saturated rings. The number of pyridine rings is 1. The molecule has 4 rings (SSSR count). The van der Waals surface area contributed by atoms with Crippen LogP contribution in [0.15, 0.2) is 65.3 Å². The SMILES string of the molecule is O=C(NCc1ccc(-c2nc3cnccc3o2)cc1)c1ccc(Cl)cc1Cl. The molecule has 0 aliphatic heterocycles. The largest absolute Gasteiger partial charge is 0.436 e. The Labute approximate surface area is 165 Å². The number of benzene rings is 2. The van der Waals surface area contributed by atoms with Crippen molar-refractivity contribution in [3.05, 3.63) is 82.1 Å². The van der Waals surface area contributed by atoms with Gasteiger partial charge < -0.3 is 9.73 Å². The Balaban J connectivity index is 1.45. The van der Waals surface area contributed by atoms with Gasteiger partial charge in [0.05, 0.1) is 16.8 Å². The zero-order chi connectivity index (χ0) is 18.8. The van der Waals surface area contributed by atoms with Gasteiger partial charge in [0.2, 0.25) is 5.89 Å². The van der Waals surface area contributed by atoms with E-state index in [0.717, 1.165) is 11.1 Å². The van der Waals surface area contributed by atoms with Crippen LogP contribution in [-0.2, 0) is 6.54 Å². The molecular formula is C20H13Cl2N3O2. The van der Waals surface area contributed by atoms with E-state index in [4.69, 9.17) is 27.6 Å². The number of aromatic nitrogens is 2. The van der Waals surface area contributed by atoms with Gasteiger partial charge in [0.1, 0.15) is 5.52 Å². The number of halogens is 2. The highest BCUT2D eigenvalue weighted by atomic mass is 35.5. The van der Waals surface area contributed by atoms with Crippen LogP contribution in [-0.4, -0.2) is 15.9 Å². The van der Waals surface area contributed by atoms with E-state index in [9.17, 15) is 4.79 Å². The third-order valence-corrected chi connectivity index (χ3v) is 4.57. The number of fused-ring (bicyclic) bond motifs is 1. The van der Waals surface area contributed by atoms with Gasteiger partial charge in [0.15, 0.2) is 5.58 Å². The summed E-state index contributed by atoms with van der Waals surface area (Å²) in [4.78, 5) is 20.7. The van der Waals surface area contributed by atoms with Crippen LogP contribution in [0.5, 0.6) is 0 Å². The molecule has 7 heteroatoms. The van der Waals surface area contributed by atoms with Crippen molar-refractivity contribution in [2.24, 2.45) is 0 Å². The van der Waals surface area contributed by atoms with E-state index in [1.165, 1.54) is 0 Å². The zero-order valence-corrected chi connectivity index (χ0v) is 15.5. The summed E-state index contributed by atoms with van der Waals surface area (Å²) < 4.78 is 5.73. The normalized spacial score (nSPS) is 10.9. The van der Waals surface area contributed by atoms with Crippen LogP contribution in [0.3, 0.4) is 0 Å². The van der Waals surface area contributed by atoms with Gasteiger partial charge in [-0.05, 0) is 35.9 Å². The van der Waals surface area contributed by atoms with Gasteiger partial charge in [-0.25, -0.2) is 4.98 Å². The molecule has 1 N–H and O–H groups in total. The Morgan fingerprint density at radius 1 is 1.07 bits per heavy atom. The third-order valence-electron chi connectivity index (χ3n) is 4.02. The first-order chi connectivity index (χ1) is 13.1. The fourth-order valence-corrected chi connectivity index (χ4v) is 3.11. The molecule has 134 valence electrons. The van der Waals surface area contributed by atoms with E-state index < -0.39 is 0 Å². The number of hydrogen-bond acceptors (Lipinski definition) is 4. The minimum atomic E-state index is -0.257. The first-order valence-electron chi connectivity index (χ1n) is 8.13. The van der Waals surface area contributed by atoms with Gasteiger partial charge in [0, 0.05) is 29.4 Å². The molecule has 0 spiro atoms. The van der Waals surface area contributed by atoms with Crippen LogP contribution in [0.25, 0.3) is 22.6 Å². The standard InChI is InChI=1S/C20H13Cl2N3O2/c21-14-5-6-15(16(22)9-14)19(26)24-10-12-1-3-13(4-2-12)20-25-17-11-23-8-7-18(17)27-20/h1-9,11H,10H2,(H,24,26). The Kier molecular flexibility index (Phi) is 4.79. The molecule has 1 amide bonds. The molecule has 0 aliphatic rings. The number of oxazole rings is 1. The molecule has 0 saturated carbocycles. The second-order valence-electron chi connectivity index (χ2n) is 5.87. The van der Waals surface area contributed by atoms with Crippen molar-refractivity contribution in [3.8, 4) is 11.5 Å². The van der Waals surface area contributed by atoms with Crippen molar-refractivity contribution in [3.63, 3.8) is 0 Å². The van der Waals surface area contributed by atoms with Crippen LogP contribution < -0.4 is 5.32 Å². The smallest absolute Gasteiger partial charge is 0.253 e. The zero-order valence-electron chi connectivity index (χ0n) is 13.9. The van der Waals surface area contributed by atoms with Gasteiger partial charge in [-0.1, -0.05) is 35.3 Å².